The highest BCUT2D eigenvalue weighted by Crippen LogP contribution is 2.18. The number of methoxy groups -OCH3 is 1. The zero-order valence-corrected chi connectivity index (χ0v) is 12.2. The fourth-order valence-corrected chi connectivity index (χ4v) is 4.00. The van der Waals surface area contributed by atoms with E-state index in [-0.39, 0.29) is 28.2 Å². The standard InChI is InChI=1S/C10H18BrNO4S/c1-16-6-9(11)2-4-12-10(13)8-3-5-17(14,15)7-8/h8-9H,2-7H2,1H3,(H,12,13). The number of amides is 1. The van der Waals surface area contributed by atoms with Gasteiger partial charge in [0.15, 0.2) is 9.84 Å². The van der Waals surface area contributed by atoms with Crippen LogP contribution in [0.4, 0.5) is 0 Å². The van der Waals surface area contributed by atoms with Gasteiger partial charge in [-0.25, -0.2) is 8.42 Å². The number of hydrogen-bond donors (Lipinski definition) is 1. The number of carbonyl (C=O) groups is 1. The number of hydrogen-bond acceptors (Lipinski definition) is 4. The molecule has 5 nitrogen and oxygen atoms in total. The average Bonchev–Trinajstić information content (AvgIpc) is 2.59. The fraction of sp³-hybridized carbons (Fsp3) is 0.900. The molecule has 100 valence electrons. The molecule has 1 N–H and O–H groups in total. The molecule has 0 aromatic carbocycles. The van der Waals surface area contributed by atoms with Crippen molar-refractivity contribution in [2.24, 2.45) is 5.92 Å². The summed E-state index contributed by atoms with van der Waals surface area (Å²) in [5.74, 6) is -0.385. The van der Waals surface area contributed by atoms with Crippen molar-refractivity contribution < 1.29 is 17.9 Å². The van der Waals surface area contributed by atoms with E-state index in [1.54, 1.807) is 7.11 Å². The summed E-state index contributed by atoms with van der Waals surface area (Å²) < 4.78 is 27.4. The SMILES string of the molecule is COCC(Br)CCNC(=O)C1CCS(=O)(=O)C1. The predicted octanol–water partition coefficient (Wildman–Crippen LogP) is 0.337. The number of carbonyl (C=O) groups excluding carboxylic acids is 1. The Morgan fingerprint density at radius 3 is 2.82 bits per heavy atom. The van der Waals surface area contributed by atoms with Gasteiger partial charge in [-0.15, -0.1) is 0 Å². The smallest absolute Gasteiger partial charge is 0.224 e. The molecule has 1 aliphatic heterocycles. The molecule has 0 spiro atoms. The van der Waals surface area contributed by atoms with Crippen LogP contribution in [-0.4, -0.2) is 50.9 Å². The van der Waals surface area contributed by atoms with Gasteiger partial charge >= 0.3 is 0 Å². The molecule has 1 heterocycles. The van der Waals surface area contributed by atoms with Gasteiger partial charge in [0.2, 0.25) is 5.91 Å². The van der Waals surface area contributed by atoms with Crippen LogP contribution < -0.4 is 5.32 Å². The second-order valence-corrected chi connectivity index (χ2v) is 7.76. The maximum atomic E-state index is 11.7. The lowest BCUT2D eigenvalue weighted by Crippen LogP contribution is -2.33. The molecule has 7 heteroatoms. The molecule has 0 aromatic rings. The third-order valence-corrected chi connectivity index (χ3v) is 5.20. The highest BCUT2D eigenvalue weighted by Gasteiger charge is 2.32. The molecule has 1 fully saturated rings. The second-order valence-electron chi connectivity index (χ2n) is 4.23. The van der Waals surface area contributed by atoms with Crippen molar-refractivity contribution in [3.8, 4) is 0 Å². The summed E-state index contributed by atoms with van der Waals surface area (Å²) in [5, 5.41) is 2.76. The van der Waals surface area contributed by atoms with Gasteiger partial charge in [0.25, 0.3) is 0 Å². The van der Waals surface area contributed by atoms with Crippen LogP contribution in [0.3, 0.4) is 0 Å². The van der Waals surface area contributed by atoms with Gasteiger partial charge in [-0.1, -0.05) is 15.9 Å². The third kappa shape index (κ3) is 5.35. The Morgan fingerprint density at radius 1 is 1.59 bits per heavy atom. The summed E-state index contributed by atoms with van der Waals surface area (Å²) >= 11 is 3.42. The minimum atomic E-state index is -2.98. The van der Waals surface area contributed by atoms with E-state index in [2.05, 4.69) is 21.2 Å². The van der Waals surface area contributed by atoms with E-state index in [4.69, 9.17) is 4.74 Å². The molecule has 1 rings (SSSR count). The quantitative estimate of drug-likeness (QED) is 0.714. The molecule has 2 atom stereocenters. The molecular weight excluding hydrogens is 310 g/mol. The van der Waals surface area contributed by atoms with Gasteiger partial charge < -0.3 is 10.1 Å². The van der Waals surface area contributed by atoms with Gasteiger partial charge in [-0.3, -0.25) is 4.79 Å². The van der Waals surface area contributed by atoms with Crippen LogP contribution >= 0.6 is 15.9 Å². The Morgan fingerprint density at radius 2 is 2.29 bits per heavy atom. The molecule has 1 amide bonds. The minimum Gasteiger partial charge on any atom is -0.384 e. The van der Waals surface area contributed by atoms with Crippen LogP contribution in [0.5, 0.6) is 0 Å². The number of nitrogens with one attached hydrogen (secondary N) is 1. The summed E-state index contributed by atoms with van der Waals surface area (Å²) in [7, 11) is -1.36. The lowest BCUT2D eigenvalue weighted by atomic mass is 10.1. The van der Waals surface area contributed by atoms with E-state index < -0.39 is 9.84 Å². The third-order valence-electron chi connectivity index (χ3n) is 2.71. The minimum absolute atomic E-state index is 0.00531. The predicted molar refractivity (Wildman–Crippen MR) is 69.0 cm³/mol. The zero-order chi connectivity index (χ0) is 12.9. The second kappa shape index (κ2) is 6.70. The van der Waals surface area contributed by atoms with Crippen LogP contribution in [0.15, 0.2) is 0 Å². The fourth-order valence-electron chi connectivity index (χ4n) is 1.76. The Hall–Kier alpha value is -0.140. The van der Waals surface area contributed by atoms with Crippen LogP contribution in [0, 0.1) is 5.92 Å². The Labute approximate surface area is 110 Å². The first kappa shape index (κ1) is 14.9. The Balaban J connectivity index is 2.22. The summed E-state index contributed by atoms with van der Waals surface area (Å²) in [6.45, 7) is 1.13. The van der Waals surface area contributed by atoms with Gasteiger partial charge in [-0.05, 0) is 12.8 Å². The molecule has 2 unspecified atom stereocenters. The number of rotatable bonds is 6. The van der Waals surface area contributed by atoms with Crippen molar-refractivity contribution in [2.75, 3.05) is 31.8 Å². The molecule has 0 radical (unpaired) electrons. The molecule has 0 aromatic heterocycles. The van der Waals surface area contributed by atoms with Crippen molar-refractivity contribution >= 4 is 31.7 Å². The lowest BCUT2D eigenvalue weighted by molar-refractivity contribution is -0.124. The molecule has 17 heavy (non-hydrogen) atoms. The number of ether oxygens (including phenoxy) is 1. The van der Waals surface area contributed by atoms with E-state index in [1.807, 2.05) is 0 Å². The zero-order valence-electron chi connectivity index (χ0n) is 9.82. The molecule has 0 aliphatic carbocycles. The average molecular weight is 328 g/mol. The molecule has 1 saturated heterocycles. The van der Waals surface area contributed by atoms with Crippen molar-refractivity contribution in [3.63, 3.8) is 0 Å². The maximum absolute atomic E-state index is 11.7. The summed E-state index contributed by atoms with van der Waals surface area (Å²) in [4.78, 5) is 11.9. The van der Waals surface area contributed by atoms with Gasteiger partial charge in [0, 0.05) is 18.5 Å². The molecular formula is C10H18BrNO4S. The van der Waals surface area contributed by atoms with Crippen LogP contribution in [0.2, 0.25) is 0 Å². The van der Waals surface area contributed by atoms with Crippen molar-refractivity contribution in [3.05, 3.63) is 0 Å². The summed E-state index contributed by atoms with van der Waals surface area (Å²) in [6.07, 6.45) is 1.21. The maximum Gasteiger partial charge on any atom is 0.224 e. The Bertz CT molecular complexity index is 357. The van der Waals surface area contributed by atoms with Crippen molar-refractivity contribution in [1.82, 2.24) is 5.32 Å². The molecule has 1 aliphatic rings. The van der Waals surface area contributed by atoms with E-state index in [0.717, 1.165) is 6.42 Å². The highest BCUT2D eigenvalue weighted by atomic mass is 79.9. The van der Waals surface area contributed by atoms with E-state index in [9.17, 15) is 13.2 Å². The first-order chi connectivity index (χ1) is 7.94. The number of alkyl halides is 1. The van der Waals surface area contributed by atoms with Gasteiger partial charge in [0.1, 0.15) is 0 Å². The van der Waals surface area contributed by atoms with E-state index in [1.165, 1.54) is 0 Å². The Kier molecular flexibility index (Phi) is 5.88. The number of sulfone groups is 1. The number of halogens is 1. The monoisotopic (exact) mass is 327 g/mol. The summed E-state index contributed by atoms with van der Waals surface area (Å²) in [5.41, 5.74) is 0. The normalized spacial score (nSPS) is 24.5. The van der Waals surface area contributed by atoms with E-state index in [0.29, 0.717) is 19.6 Å². The largest absolute Gasteiger partial charge is 0.384 e. The lowest BCUT2D eigenvalue weighted by Gasteiger charge is -2.11. The van der Waals surface area contributed by atoms with Crippen LogP contribution in [0.1, 0.15) is 12.8 Å². The first-order valence-electron chi connectivity index (χ1n) is 5.56. The van der Waals surface area contributed by atoms with Crippen LogP contribution in [0.25, 0.3) is 0 Å². The van der Waals surface area contributed by atoms with Gasteiger partial charge in [0.05, 0.1) is 24.0 Å². The van der Waals surface area contributed by atoms with Crippen molar-refractivity contribution in [2.45, 2.75) is 17.7 Å². The summed E-state index contributed by atoms with van der Waals surface area (Å²) in [6, 6.07) is 0. The van der Waals surface area contributed by atoms with Crippen LogP contribution in [-0.2, 0) is 19.4 Å². The van der Waals surface area contributed by atoms with Crippen molar-refractivity contribution in [1.29, 1.82) is 0 Å². The molecule has 0 saturated carbocycles. The highest BCUT2D eigenvalue weighted by molar-refractivity contribution is 9.09. The first-order valence-corrected chi connectivity index (χ1v) is 8.29. The van der Waals surface area contributed by atoms with Gasteiger partial charge in [-0.2, -0.15) is 0 Å². The topological polar surface area (TPSA) is 72.5 Å². The molecule has 0 bridgehead atoms. The van der Waals surface area contributed by atoms with E-state index >= 15 is 0 Å².